The Morgan fingerprint density at radius 3 is 2.88 bits per heavy atom. The maximum absolute atomic E-state index is 4.96. The van der Waals surface area contributed by atoms with E-state index in [4.69, 9.17) is 4.98 Å². The van der Waals surface area contributed by atoms with Crippen LogP contribution in [0.25, 0.3) is 0 Å². The lowest BCUT2D eigenvalue weighted by Gasteiger charge is -2.18. The molecule has 1 N–H and O–H groups in total. The van der Waals surface area contributed by atoms with Crippen LogP contribution in [-0.4, -0.2) is 29.3 Å². The van der Waals surface area contributed by atoms with Gasteiger partial charge in [0.15, 0.2) is 0 Å². The van der Waals surface area contributed by atoms with Crippen LogP contribution in [0.4, 0.5) is 0 Å². The van der Waals surface area contributed by atoms with E-state index in [-0.39, 0.29) is 0 Å². The molecule has 17 heavy (non-hydrogen) atoms. The Morgan fingerprint density at radius 1 is 1.35 bits per heavy atom. The first-order valence-corrected chi connectivity index (χ1v) is 9.24. The van der Waals surface area contributed by atoms with E-state index in [0.29, 0.717) is 5.25 Å². The summed E-state index contributed by atoms with van der Waals surface area (Å²) in [5.41, 5.74) is 1.41. The van der Waals surface area contributed by atoms with Gasteiger partial charge in [-0.05, 0) is 19.9 Å². The molecular formula is C12H18N2S3. The molecule has 1 unspecified atom stereocenters. The normalized spacial score (nSPS) is 25.1. The minimum absolute atomic E-state index is 0.654. The zero-order valence-electron chi connectivity index (χ0n) is 10.1. The molecule has 0 radical (unpaired) electrons. The van der Waals surface area contributed by atoms with Crippen molar-refractivity contribution in [3.8, 4) is 0 Å². The molecule has 0 spiro atoms. The maximum Gasteiger partial charge on any atom is 0.107 e. The Bertz CT molecular complexity index is 381. The summed E-state index contributed by atoms with van der Waals surface area (Å²) >= 11 is 6.13. The average molecular weight is 286 g/mol. The minimum atomic E-state index is 0.654. The van der Waals surface area contributed by atoms with Crippen molar-refractivity contribution in [2.45, 2.75) is 30.6 Å². The lowest BCUT2D eigenvalue weighted by atomic mass is 10.2. The van der Waals surface area contributed by atoms with E-state index in [2.05, 4.69) is 28.8 Å². The standard InChI is InChI=1S/C12H18N2S3/c1-13-6-9-11(8-2-3-8)14-12(17-9)10-7-15-4-5-16-10/h8,10,13H,2-7H2,1H3. The van der Waals surface area contributed by atoms with Gasteiger partial charge >= 0.3 is 0 Å². The summed E-state index contributed by atoms with van der Waals surface area (Å²) in [7, 11) is 2.03. The fourth-order valence-corrected chi connectivity index (χ4v) is 6.26. The van der Waals surface area contributed by atoms with E-state index in [1.54, 1.807) is 0 Å². The summed E-state index contributed by atoms with van der Waals surface area (Å²) in [5, 5.41) is 5.32. The van der Waals surface area contributed by atoms with Crippen LogP contribution in [0.15, 0.2) is 0 Å². The Labute approximate surface area is 115 Å². The van der Waals surface area contributed by atoms with Crippen LogP contribution < -0.4 is 5.32 Å². The first-order chi connectivity index (χ1) is 8.38. The summed E-state index contributed by atoms with van der Waals surface area (Å²) in [6.45, 7) is 0.994. The van der Waals surface area contributed by atoms with Crippen molar-refractivity contribution in [1.29, 1.82) is 0 Å². The van der Waals surface area contributed by atoms with Gasteiger partial charge in [0.1, 0.15) is 5.01 Å². The van der Waals surface area contributed by atoms with E-state index in [9.17, 15) is 0 Å². The van der Waals surface area contributed by atoms with Crippen molar-refractivity contribution < 1.29 is 0 Å². The Morgan fingerprint density at radius 2 is 2.24 bits per heavy atom. The number of rotatable bonds is 4. The fourth-order valence-electron chi connectivity index (χ4n) is 2.11. The summed E-state index contributed by atoms with van der Waals surface area (Å²) in [6.07, 6.45) is 2.71. The predicted molar refractivity (Wildman–Crippen MR) is 79.4 cm³/mol. The number of nitrogens with zero attached hydrogens (tertiary/aromatic N) is 1. The van der Waals surface area contributed by atoms with Crippen LogP contribution >= 0.6 is 34.9 Å². The molecule has 1 saturated heterocycles. The highest BCUT2D eigenvalue weighted by Crippen LogP contribution is 2.46. The van der Waals surface area contributed by atoms with Gasteiger partial charge in [0.05, 0.1) is 10.9 Å². The van der Waals surface area contributed by atoms with Gasteiger partial charge in [-0.25, -0.2) is 4.98 Å². The van der Waals surface area contributed by atoms with Gasteiger partial charge in [0.25, 0.3) is 0 Å². The first kappa shape index (κ1) is 12.3. The molecule has 2 aliphatic rings. The van der Waals surface area contributed by atoms with Gasteiger partial charge in [0.2, 0.25) is 0 Å². The van der Waals surface area contributed by atoms with Gasteiger partial charge in [-0.2, -0.15) is 11.8 Å². The molecule has 1 aromatic heterocycles. The minimum Gasteiger partial charge on any atom is -0.315 e. The highest BCUT2D eigenvalue weighted by Gasteiger charge is 2.31. The maximum atomic E-state index is 4.96. The van der Waals surface area contributed by atoms with Gasteiger partial charge in [0, 0.05) is 34.6 Å². The molecule has 1 saturated carbocycles. The first-order valence-electron chi connectivity index (χ1n) is 6.22. The summed E-state index contributed by atoms with van der Waals surface area (Å²) in [6, 6.07) is 0. The van der Waals surface area contributed by atoms with Crippen molar-refractivity contribution in [3.63, 3.8) is 0 Å². The van der Waals surface area contributed by atoms with E-state index < -0.39 is 0 Å². The lowest BCUT2D eigenvalue weighted by molar-refractivity contribution is 0.811. The zero-order chi connectivity index (χ0) is 11.7. The second-order valence-corrected chi connectivity index (χ2v) is 8.18. The van der Waals surface area contributed by atoms with Crippen LogP contribution in [0.1, 0.15) is 39.6 Å². The van der Waals surface area contributed by atoms with Gasteiger partial charge in [-0.15, -0.1) is 23.1 Å². The highest BCUT2D eigenvalue weighted by molar-refractivity contribution is 8.06. The van der Waals surface area contributed by atoms with Crippen LogP contribution in [-0.2, 0) is 6.54 Å². The van der Waals surface area contributed by atoms with E-state index in [1.807, 2.05) is 18.4 Å². The molecule has 1 aliphatic heterocycles. The van der Waals surface area contributed by atoms with Crippen molar-refractivity contribution >= 4 is 34.9 Å². The zero-order valence-corrected chi connectivity index (χ0v) is 12.5. The molecule has 0 bridgehead atoms. The van der Waals surface area contributed by atoms with Crippen molar-refractivity contribution in [3.05, 3.63) is 15.6 Å². The number of thiazole rings is 1. The van der Waals surface area contributed by atoms with Crippen LogP contribution in [0.3, 0.4) is 0 Å². The average Bonchev–Trinajstić information content (AvgIpc) is 3.13. The smallest absolute Gasteiger partial charge is 0.107 e. The number of hydrogen-bond donors (Lipinski definition) is 1. The molecule has 0 aromatic carbocycles. The number of nitrogens with one attached hydrogen (secondary N) is 1. The molecule has 2 nitrogen and oxygen atoms in total. The van der Waals surface area contributed by atoms with Crippen molar-refractivity contribution in [2.24, 2.45) is 0 Å². The second kappa shape index (κ2) is 5.51. The van der Waals surface area contributed by atoms with Crippen molar-refractivity contribution in [1.82, 2.24) is 10.3 Å². The lowest BCUT2D eigenvalue weighted by Crippen LogP contribution is -2.06. The third-order valence-corrected chi connectivity index (χ3v) is 7.23. The molecule has 0 amide bonds. The van der Waals surface area contributed by atoms with Crippen LogP contribution in [0, 0.1) is 0 Å². The van der Waals surface area contributed by atoms with Gasteiger partial charge in [-0.1, -0.05) is 0 Å². The molecule has 2 fully saturated rings. The number of thioether (sulfide) groups is 2. The molecule has 1 atom stereocenters. The Hall–Kier alpha value is 0.290. The number of aromatic nitrogens is 1. The molecular weight excluding hydrogens is 268 g/mol. The molecule has 94 valence electrons. The Balaban J connectivity index is 1.81. The number of hydrogen-bond acceptors (Lipinski definition) is 5. The summed E-state index contributed by atoms with van der Waals surface area (Å²) in [4.78, 5) is 6.45. The molecule has 1 aromatic rings. The van der Waals surface area contributed by atoms with Gasteiger partial charge < -0.3 is 5.32 Å². The SMILES string of the molecule is CNCc1sc(C2CSCCS2)nc1C1CC1. The monoisotopic (exact) mass is 286 g/mol. The molecule has 1 aliphatic carbocycles. The highest BCUT2D eigenvalue weighted by atomic mass is 32.2. The fraction of sp³-hybridized carbons (Fsp3) is 0.750. The second-order valence-electron chi connectivity index (χ2n) is 4.60. The topological polar surface area (TPSA) is 24.9 Å². The van der Waals surface area contributed by atoms with Crippen molar-refractivity contribution in [2.75, 3.05) is 24.3 Å². The van der Waals surface area contributed by atoms with E-state index in [1.165, 1.54) is 45.7 Å². The molecule has 5 heteroatoms. The van der Waals surface area contributed by atoms with E-state index >= 15 is 0 Å². The van der Waals surface area contributed by atoms with Gasteiger partial charge in [-0.3, -0.25) is 0 Å². The predicted octanol–water partition coefficient (Wildman–Crippen LogP) is 3.26. The van der Waals surface area contributed by atoms with Crippen LogP contribution in [0.5, 0.6) is 0 Å². The third-order valence-electron chi connectivity index (χ3n) is 3.14. The third kappa shape index (κ3) is 2.83. The quantitative estimate of drug-likeness (QED) is 0.918. The molecule has 3 rings (SSSR count). The Kier molecular flexibility index (Phi) is 4.00. The van der Waals surface area contributed by atoms with Crippen LogP contribution in [0.2, 0.25) is 0 Å². The molecule has 2 heterocycles. The van der Waals surface area contributed by atoms with E-state index in [0.717, 1.165) is 12.5 Å². The summed E-state index contributed by atoms with van der Waals surface area (Å²) in [5.74, 6) is 4.63. The largest absolute Gasteiger partial charge is 0.315 e. The summed E-state index contributed by atoms with van der Waals surface area (Å²) < 4.78 is 0.